The first-order valence-corrected chi connectivity index (χ1v) is 9.41. The van der Waals surface area contributed by atoms with Gasteiger partial charge in [0.15, 0.2) is 0 Å². The number of thioether (sulfide) groups is 1. The molecule has 0 bridgehead atoms. The van der Waals surface area contributed by atoms with Crippen molar-refractivity contribution >= 4 is 34.2 Å². The van der Waals surface area contributed by atoms with Gasteiger partial charge in [0.1, 0.15) is 18.0 Å². The number of hydrogen-bond donors (Lipinski definition) is 1. The monoisotopic (exact) mass is 336 g/mol. The average molecular weight is 336 g/mol. The Hall–Kier alpha value is -2.27. The molecule has 2 aromatic carbocycles. The molecule has 24 heavy (non-hydrogen) atoms. The molecule has 2 heterocycles. The number of anilines is 2. The lowest BCUT2D eigenvalue weighted by atomic mass is 10.0. The second kappa shape index (κ2) is 7.09. The van der Waals surface area contributed by atoms with E-state index in [1.807, 2.05) is 11.8 Å². The van der Waals surface area contributed by atoms with E-state index in [0.717, 1.165) is 31.3 Å². The highest BCUT2D eigenvalue weighted by molar-refractivity contribution is 7.99. The molecule has 0 atom stereocenters. The van der Waals surface area contributed by atoms with E-state index in [-0.39, 0.29) is 0 Å². The van der Waals surface area contributed by atoms with Crippen LogP contribution in [0, 0.1) is 0 Å². The molecule has 0 spiro atoms. The fourth-order valence-electron chi connectivity index (χ4n) is 3.04. The maximum absolute atomic E-state index is 4.43. The van der Waals surface area contributed by atoms with E-state index in [4.69, 9.17) is 0 Å². The van der Waals surface area contributed by atoms with Gasteiger partial charge >= 0.3 is 0 Å². The Bertz CT molecular complexity index is 825. The summed E-state index contributed by atoms with van der Waals surface area (Å²) in [5, 5.41) is 6.01. The largest absolute Gasteiger partial charge is 0.366 e. The van der Waals surface area contributed by atoms with E-state index in [0.29, 0.717) is 0 Å². The zero-order valence-electron chi connectivity index (χ0n) is 13.5. The van der Waals surface area contributed by atoms with Crippen molar-refractivity contribution in [3.05, 3.63) is 60.4 Å². The van der Waals surface area contributed by atoms with Crippen LogP contribution in [0.25, 0.3) is 10.8 Å². The molecule has 4 nitrogen and oxygen atoms in total. The summed E-state index contributed by atoms with van der Waals surface area (Å²) in [7, 11) is 0. The minimum atomic E-state index is 0.758. The summed E-state index contributed by atoms with van der Waals surface area (Å²) in [4.78, 5) is 11.1. The summed E-state index contributed by atoms with van der Waals surface area (Å²) in [6.07, 6.45) is 1.66. The Labute approximate surface area is 146 Å². The van der Waals surface area contributed by atoms with E-state index in [9.17, 15) is 0 Å². The lowest BCUT2D eigenvalue weighted by Gasteiger charge is -2.27. The molecule has 0 radical (unpaired) electrons. The Morgan fingerprint density at radius 3 is 2.75 bits per heavy atom. The van der Waals surface area contributed by atoms with Crippen molar-refractivity contribution in [1.29, 1.82) is 0 Å². The van der Waals surface area contributed by atoms with Crippen molar-refractivity contribution in [2.45, 2.75) is 6.54 Å². The minimum Gasteiger partial charge on any atom is -0.366 e. The van der Waals surface area contributed by atoms with Crippen LogP contribution in [0.5, 0.6) is 0 Å². The average Bonchev–Trinajstić information content (AvgIpc) is 2.67. The second-order valence-electron chi connectivity index (χ2n) is 5.85. The van der Waals surface area contributed by atoms with E-state index < -0.39 is 0 Å². The van der Waals surface area contributed by atoms with Crippen molar-refractivity contribution in [3.63, 3.8) is 0 Å². The van der Waals surface area contributed by atoms with Gasteiger partial charge < -0.3 is 10.2 Å². The van der Waals surface area contributed by atoms with Gasteiger partial charge in [-0.25, -0.2) is 9.97 Å². The van der Waals surface area contributed by atoms with Gasteiger partial charge in [-0.2, -0.15) is 11.8 Å². The molecule has 4 rings (SSSR count). The van der Waals surface area contributed by atoms with Crippen LogP contribution in [0.15, 0.2) is 54.9 Å². The molecule has 0 aliphatic carbocycles. The molecule has 122 valence electrons. The highest BCUT2D eigenvalue weighted by Gasteiger charge is 2.13. The number of hydrogen-bond acceptors (Lipinski definition) is 5. The standard InChI is InChI=1S/C19H20N4S/c1-2-7-17-15(4-1)5-3-6-16(17)13-20-18-12-19(22-14-21-18)23-8-10-24-11-9-23/h1-7,12,14H,8-11,13H2,(H,20,21,22). The molecule has 1 fully saturated rings. The van der Waals surface area contributed by atoms with Gasteiger partial charge in [0, 0.05) is 37.2 Å². The lowest BCUT2D eigenvalue weighted by molar-refractivity contribution is 0.835. The van der Waals surface area contributed by atoms with Crippen LogP contribution in [0.2, 0.25) is 0 Å². The smallest absolute Gasteiger partial charge is 0.134 e. The van der Waals surface area contributed by atoms with Crippen LogP contribution in [0.1, 0.15) is 5.56 Å². The number of nitrogens with one attached hydrogen (secondary N) is 1. The molecule has 0 saturated carbocycles. The van der Waals surface area contributed by atoms with Gasteiger partial charge in [0.25, 0.3) is 0 Å². The van der Waals surface area contributed by atoms with E-state index in [2.05, 4.69) is 68.7 Å². The van der Waals surface area contributed by atoms with Gasteiger partial charge in [-0.1, -0.05) is 42.5 Å². The van der Waals surface area contributed by atoms with Crippen molar-refractivity contribution in [3.8, 4) is 0 Å². The predicted octanol–water partition coefficient (Wildman–Crippen LogP) is 3.80. The number of fused-ring (bicyclic) bond motifs is 1. The molecule has 1 aliphatic heterocycles. The SMILES string of the molecule is c1ccc2c(CNc3cc(N4CCSCC4)ncn3)cccc2c1. The number of aromatic nitrogens is 2. The van der Waals surface area contributed by atoms with Crippen LogP contribution in [0.4, 0.5) is 11.6 Å². The maximum Gasteiger partial charge on any atom is 0.134 e. The van der Waals surface area contributed by atoms with Crippen LogP contribution >= 0.6 is 11.8 Å². The summed E-state index contributed by atoms with van der Waals surface area (Å²) < 4.78 is 0. The molecular weight excluding hydrogens is 316 g/mol. The first-order chi connectivity index (χ1) is 11.9. The first-order valence-electron chi connectivity index (χ1n) is 8.25. The molecule has 0 unspecified atom stereocenters. The van der Waals surface area contributed by atoms with Crippen LogP contribution in [0.3, 0.4) is 0 Å². The van der Waals surface area contributed by atoms with Crippen molar-refractivity contribution in [2.75, 3.05) is 34.8 Å². The molecule has 1 aromatic heterocycles. The molecule has 1 saturated heterocycles. The van der Waals surface area contributed by atoms with Gasteiger partial charge in [0.2, 0.25) is 0 Å². The Kier molecular flexibility index (Phi) is 4.51. The van der Waals surface area contributed by atoms with Crippen LogP contribution in [-0.2, 0) is 6.54 Å². The molecule has 1 N–H and O–H groups in total. The first kappa shape index (κ1) is 15.3. The summed E-state index contributed by atoms with van der Waals surface area (Å²) >= 11 is 2.01. The van der Waals surface area contributed by atoms with E-state index in [1.165, 1.54) is 27.8 Å². The summed E-state index contributed by atoms with van der Waals surface area (Å²) in [5.41, 5.74) is 1.28. The predicted molar refractivity (Wildman–Crippen MR) is 103 cm³/mol. The van der Waals surface area contributed by atoms with Gasteiger partial charge in [-0.05, 0) is 16.3 Å². The number of benzene rings is 2. The second-order valence-corrected chi connectivity index (χ2v) is 7.08. The van der Waals surface area contributed by atoms with Gasteiger partial charge in [-0.15, -0.1) is 0 Å². The van der Waals surface area contributed by atoms with Crippen molar-refractivity contribution in [1.82, 2.24) is 9.97 Å². The summed E-state index contributed by atoms with van der Waals surface area (Å²) in [5.74, 6) is 4.24. The van der Waals surface area contributed by atoms with Crippen LogP contribution < -0.4 is 10.2 Å². The van der Waals surface area contributed by atoms with E-state index in [1.54, 1.807) is 6.33 Å². The van der Waals surface area contributed by atoms with E-state index >= 15 is 0 Å². The quantitative estimate of drug-likeness (QED) is 0.785. The Morgan fingerprint density at radius 2 is 1.83 bits per heavy atom. The van der Waals surface area contributed by atoms with Gasteiger partial charge in [0.05, 0.1) is 0 Å². The highest BCUT2D eigenvalue weighted by Crippen LogP contribution is 2.21. The third-order valence-electron chi connectivity index (χ3n) is 4.33. The normalized spacial score (nSPS) is 14.8. The number of nitrogens with zero attached hydrogens (tertiary/aromatic N) is 3. The van der Waals surface area contributed by atoms with Crippen molar-refractivity contribution < 1.29 is 0 Å². The van der Waals surface area contributed by atoms with Crippen molar-refractivity contribution in [2.24, 2.45) is 0 Å². The van der Waals surface area contributed by atoms with Crippen LogP contribution in [-0.4, -0.2) is 34.6 Å². The Morgan fingerprint density at radius 1 is 1.00 bits per heavy atom. The maximum atomic E-state index is 4.43. The van der Waals surface area contributed by atoms with Gasteiger partial charge in [-0.3, -0.25) is 0 Å². The molecular formula is C19H20N4S. The lowest BCUT2D eigenvalue weighted by Crippen LogP contribution is -2.33. The topological polar surface area (TPSA) is 41.0 Å². The molecule has 1 aliphatic rings. The molecule has 3 aromatic rings. The zero-order valence-corrected chi connectivity index (χ0v) is 14.3. The fraction of sp³-hybridized carbons (Fsp3) is 0.263. The molecule has 0 amide bonds. The minimum absolute atomic E-state index is 0.758. The molecule has 5 heteroatoms. The third kappa shape index (κ3) is 3.31. The summed E-state index contributed by atoms with van der Waals surface area (Å²) in [6, 6.07) is 17.0. The zero-order chi connectivity index (χ0) is 16.2. The third-order valence-corrected chi connectivity index (χ3v) is 5.27. The fourth-order valence-corrected chi connectivity index (χ4v) is 3.94. The summed E-state index contributed by atoms with van der Waals surface area (Å²) in [6.45, 7) is 2.88. The highest BCUT2D eigenvalue weighted by atomic mass is 32.2. The number of rotatable bonds is 4. The Balaban J connectivity index is 1.51.